The van der Waals surface area contributed by atoms with E-state index in [2.05, 4.69) is 10.4 Å². The van der Waals surface area contributed by atoms with Crippen molar-refractivity contribution in [2.75, 3.05) is 5.32 Å². The van der Waals surface area contributed by atoms with Crippen LogP contribution in [-0.4, -0.2) is 15.7 Å². The van der Waals surface area contributed by atoms with Crippen molar-refractivity contribution >= 4 is 34.8 Å². The Morgan fingerprint density at radius 3 is 2.77 bits per heavy atom. The molecule has 1 aromatic carbocycles. The number of anilines is 1. The van der Waals surface area contributed by atoms with Gasteiger partial charge in [0.05, 0.1) is 17.0 Å². The third-order valence-electron chi connectivity index (χ3n) is 3.62. The van der Waals surface area contributed by atoms with E-state index < -0.39 is 0 Å². The van der Waals surface area contributed by atoms with Crippen LogP contribution in [0, 0.1) is 0 Å². The van der Waals surface area contributed by atoms with Gasteiger partial charge in [-0.2, -0.15) is 5.10 Å². The van der Waals surface area contributed by atoms with Crippen molar-refractivity contribution in [1.82, 2.24) is 9.78 Å². The minimum absolute atomic E-state index is 0.204. The normalized spacial score (nSPS) is 10.7. The van der Waals surface area contributed by atoms with Gasteiger partial charge in [0, 0.05) is 24.1 Å². The fourth-order valence-corrected chi connectivity index (χ4v) is 2.81. The number of furan rings is 1. The Bertz CT molecular complexity index is 968. The first kappa shape index (κ1) is 18.2. The van der Waals surface area contributed by atoms with E-state index in [0.717, 1.165) is 0 Å². The number of halogens is 2. The maximum Gasteiger partial charge on any atom is 0.266 e. The molecule has 3 aromatic rings. The maximum absolute atomic E-state index is 12.1. The van der Waals surface area contributed by atoms with Gasteiger partial charge >= 0.3 is 0 Å². The van der Waals surface area contributed by atoms with Crippen molar-refractivity contribution in [2.24, 2.45) is 0 Å². The average Bonchev–Trinajstić information content (AvgIpc) is 3.14. The summed E-state index contributed by atoms with van der Waals surface area (Å²) in [4.78, 5) is 24.0. The van der Waals surface area contributed by atoms with Crippen LogP contribution in [0.15, 0.2) is 57.9 Å². The lowest BCUT2D eigenvalue weighted by molar-refractivity contribution is -0.116. The second kappa shape index (κ2) is 8.21. The quantitative estimate of drug-likeness (QED) is 0.681. The van der Waals surface area contributed by atoms with Crippen LogP contribution in [0.5, 0.6) is 0 Å². The lowest BCUT2D eigenvalue weighted by atomic mass is 10.2. The number of aromatic nitrogens is 2. The molecule has 0 radical (unpaired) electrons. The van der Waals surface area contributed by atoms with E-state index in [1.807, 2.05) is 0 Å². The van der Waals surface area contributed by atoms with E-state index in [1.54, 1.807) is 42.7 Å². The summed E-state index contributed by atoms with van der Waals surface area (Å²) in [6.45, 7) is 0.315. The zero-order chi connectivity index (χ0) is 18.5. The molecule has 2 aromatic heterocycles. The van der Waals surface area contributed by atoms with E-state index in [9.17, 15) is 9.59 Å². The molecule has 6 nitrogen and oxygen atoms in total. The highest BCUT2D eigenvalue weighted by Gasteiger charge is 2.09. The zero-order valence-corrected chi connectivity index (χ0v) is 15.1. The summed E-state index contributed by atoms with van der Waals surface area (Å²) in [6, 6.07) is 11.4. The summed E-state index contributed by atoms with van der Waals surface area (Å²) in [7, 11) is 0. The Labute approximate surface area is 159 Å². The monoisotopic (exact) mass is 391 g/mol. The first-order valence-corrected chi connectivity index (χ1v) is 8.65. The molecule has 1 amide bonds. The highest BCUT2D eigenvalue weighted by Crippen LogP contribution is 2.25. The molecule has 0 atom stereocenters. The molecular weight excluding hydrogens is 377 g/mol. The number of carbonyl (C=O) groups excluding carboxylic acids is 1. The lowest BCUT2D eigenvalue weighted by Crippen LogP contribution is -2.23. The van der Waals surface area contributed by atoms with Crippen molar-refractivity contribution < 1.29 is 9.21 Å². The van der Waals surface area contributed by atoms with Gasteiger partial charge in [0.25, 0.3) is 5.56 Å². The number of aryl methyl sites for hydroxylation is 1. The van der Waals surface area contributed by atoms with Crippen LogP contribution in [0.4, 0.5) is 5.69 Å². The first-order valence-electron chi connectivity index (χ1n) is 7.90. The topological polar surface area (TPSA) is 77.1 Å². The summed E-state index contributed by atoms with van der Waals surface area (Å²) in [5, 5.41) is 7.85. The van der Waals surface area contributed by atoms with Crippen LogP contribution < -0.4 is 10.9 Å². The highest BCUT2D eigenvalue weighted by atomic mass is 35.5. The molecule has 134 valence electrons. The Morgan fingerprint density at radius 1 is 1.19 bits per heavy atom. The van der Waals surface area contributed by atoms with Gasteiger partial charge in [-0.1, -0.05) is 23.2 Å². The molecule has 8 heteroatoms. The van der Waals surface area contributed by atoms with E-state index >= 15 is 0 Å². The molecule has 1 N–H and O–H groups in total. The fraction of sp³-hybridized carbons (Fsp3) is 0.167. The molecule has 0 unspecified atom stereocenters. The second-order valence-corrected chi connectivity index (χ2v) is 6.38. The predicted octanol–water partition coefficient (Wildman–Crippen LogP) is 4.23. The smallest absolute Gasteiger partial charge is 0.266 e. The number of hydrogen-bond acceptors (Lipinski definition) is 4. The number of carbonyl (C=O) groups is 1. The Balaban J connectivity index is 1.58. The van der Waals surface area contributed by atoms with Crippen LogP contribution in [0.2, 0.25) is 10.0 Å². The van der Waals surface area contributed by atoms with Crippen LogP contribution >= 0.6 is 23.2 Å². The molecular formula is C18H15Cl2N3O3. The summed E-state index contributed by atoms with van der Waals surface area (Å²) < 4.78 is 6.60. The van der Waals surface area contributed by atoms with Gasteiger partial charge in [0.15, 0.2) is 5.76 Å². The molecule has 3 rings (SSSR count). The third kappa shape index (κ3) is 4.53. The van der Waals surface area contributed by atoms with E-state index in [0.29, 0.717) is 40.2 Å². The van der Waals surface area contributed by atoms with Crippen LogP contribution in [0.3, 0.4) is 0 Å². The number of benzene rings is 1. The van der Waals surface area contributed by atoms with Gasteiger partial charge in [-0.3, -0.25) is 9.59 Å². The van der Waals surface area contributed by atoms with Gasteiger partial charge in [-0.05, 0) is 42.8 Å². The van der Waals surface area contributed by atoms with E-state index in [1.165, 1.54) is 10.7 Å². The van der Waals surface area contributed by atoms with Crippen LogP contribution in [0.25, 0.3) is 11.5 Å². The van der Waals surface area contributed by atoms with Gasteiger partial charge < -0.3 is 9.73 Å². The molecule has 0 saturated carbocycles. The first-order chi connectivity index (χ1) is 12.5. The van der Waals surface area contributed by atoms with Crippen molar-refractivity contribution in [3.63, 3.8) is 0 Å². The molecule has 0 fully saturated rings. The largest absolute Gasteiger partial charge is 0.463 e. The summed E-state index contributed by atoms with van der Waals surface area (Å²) in [5.41, 5.74) is 0.824. The van der Waals surface area contributed by atoms with Gasteiger partial charge in [0.2, 0.25) is 5.91 Å². The van der Waals surface area contributed by atoms with Gasteiger partial charge in [-0.15, -0.1) is 0 Å². The maximum atomic E-state index is 12.1. The van der Waals surface area contributed by atoms with Crippen molar-refractivity contribution in [3.8, 4) is 11.5 Å². The molecule has 0 saturated heterocycles. The van der Waals surface area contributed by atoms with Crippen molar-refractivity contribution in [1.29, 1.82) is 0 Å². The number of hydrogen-bond donors (Lipinski definition) is 1. The van der Waals surface area contributed by atoms with Crippen LogP contribution in [0.1, 0.15) is 12.8 Å². The predicted molar refractivity (Wildman–Crippen MR) is 101 cm³/mol. The number of amides is 1. The minimum atomic E-state index is -0.235. The van der Waals surface area contributed by atoms with Crippen LogP contribution in [-0.2, 0) is 11.3 Å². The fourth-order valence-electron chi connectivity index (χ4n) is 2.36. The Kier molecular flexibility index (Phi) is 5.75. The van der Waals surface area contributed by atoms with Crippen molar-refractivity contribution in [3.05, 3.63) is 69.1 Å². The molecule has 26 heavy (non-hydrogen) atoms. The lowest BCUT2D eigenvalue weighted by Gasteiger charge is -2.08. The number of nitrogens with zero attached hydrogens (tertiary/aromatic N) is 2. The van der Waals surface area contributed by atoms with Crippen molar-refractivity contribution in [2.45, 2.75) is 19.4 Å². The minimum Gasteiger partial charge on any atom is -0.463 e. The SMILES string of the molecule is O=C(CCCn1nc(-c2ccco2)ccc1=O)Nc1ccc(Cl)cc1Cl. The summed E-state index contributed by atoms with van der Waals surface area (Å²) in [5.74, 6) is 0.373. The number of nitrogens with one attached hydrogen (secondary N) is 1. The zero-order valence-electron chi connectivity index (χ0n) is 13.6. The Hall–Kier alpha value is -2.57. The molecule has 0 aliphatic rings. The average molecular weight is 392 g/mol. The van der Waals surface area contributed by atoms with Gasteiger partial charge in [0.1, 0.15) is 5.69 Å². The van der Waals surface area contributed by atoms with E-state index in [4.69, 9.17) is 27.6 Å². The highest BCUT2D eigenvalue weighted by molar-refractivity contribution is 6.36. The standard InChI is InChI=1S/C18H15Cl2N3O3/c19-12-5-6-14(13(20)11-12)21-17(24)4-1-9-23-18(25)8-7-15(22-23)16-3-2-10-26-16/h2-3,5-8,10-11H,1,4,9H2,(H,21,24). The van der Waals surface area contributed by atoms with Gasteiger partial charge in [-0.25, -0.2) is 4.68 Å². The van der Waals surface area contributed by atoms with E-state index in [-0.39, 0.29) is 17.9 Å². The molecule has 0 aliphatic carbocycles. The third-order valence-corrected chi connectivity index (χ3v) is 4.17. The molecule has 2 heterocycles. The molecule has 0 aliphatic heterocycles. The Morgan fingerprint density at radius 2 is 2.04 bits per heavy atom. The molecule has 0 spiro atoms. The molecule has 0 bridgehead atoms. The summed E-state index contributed by atoms with van der Waals surface area (Å²) >= 11 is 11.9. The summed E-state index contributed by atoms with van der Waals surface area (Å²) in [6.07, 6.45) is 2.21. The number of rotatable bonds is 6. The second-order valence-electron chi connectivity index (χ2n) is 5.53.